The molecule has 0 fully saturated rings. The van der Waals surface area contributed by atoms with E-state index in [0.717, 1.165) is 11.4 Å². The Morgan fingerprint density at radius 2 is 2.11 bits per heavy atom. The summed E-state index contributed by atoms with van der Waals surface area (Å²) in [5, 5.41) is 12.1. The van der Waals surface area contributed by atoms with Crippen LogP contribution in [0.1, 0.15) is 11.3 Å². The topological polar surface area (TPSA) is 76.9 Å². The van der Waals surface area contributed by atoms with Crippen LogP contribution >= 0.6 is 11.6 Å². The van der Waals surface area contributed by atoms with Crippen LogP contribution in [-0.4, -0.2) is 22.2 Å². The summed E-state index contributed by atoms with van der Waals surface area (Å²) in [6, 6.07) is 7.10. The fourth-order valence-electron chi connectivity index (χ4n) is 1.63. The third kappa shape index (κ3) is 3.26. The number of nitrogen functional groups attached to an aromatic ring is 1. The van der Waals surface area contributed by atoms with E-state index in [-0.39, 0.29) is 5.84 Å². The van der Waals surface area contributed by atoms with Crippen LogP contribution in [0.3, 0.4) is 0 Å². The second kappa shape index (κ2) is 5.75. The minimum atomic E-state index is 0.0494. The maximum atomic E-state index is 7.30. The molecular weight excluding hydrogens is 264 g/mol. The second-order valence-corrected chi connectivity index (χ2v) is 4.49. The zero-order chi connectivity index (χ0) is 13.8. The molecule has 0 aliphatic heterocycles. The number of nitrogens with one attached hydrogen (secondary N) is 1. The normalized spacial score (nSPS) is 10.4. The van der Waals surface area contributed by atoms with E-state index in [9.17, 15) is 0 Å². The van der Waals surface area contributed by atoms with Gasteiger partial charge in [0, 0.05) is 5.56 Å². The molecule has 0 saturated heterocycles. The number of rotatable bonds is 5. The zero-order valence-electron chi connectivity index (χ0n) is 10.6. The summed E-state index contributed by atoms with van der Waals surface area (Å²) >= 11 is 5.92. The van der Waals surface area contributed by atoms with Gasteiger partial charge in [0.25, 0.3) is 0 Å². The van der Waals surface area contributed by atoms with Gasteiger partial charge in [-0.25, -0.2) is 0 Å². The van der Waals surface area contributed by atoms with Gasteiger partial charge in [-0.2, -0.15) is 5.10 Å². The lowest BCUT2D eigenvalue weighted by Gasteiger charge is -2.08. The van der Waals surface area contributed by atoms with Crippen LogP contribution < -0.4 is 10.5 Å². The molecule has 0 aliphatic carbocycles. The van der Waals surface area contributed by atoms with E-state index < -0.39 is 0 Å². The van der Waals surface area contributed by atoms with Crippen molar-refractivity contribution in [3.8, 4) is 5.75 Å². The van der Waals surface area contributed by atoms with Crippen LogP contribution in [-0.2, 0) is 6.54 Å². The van der Waals surface area contributed by atoms with E-state index in [2.05, 4.69) is 5.10 Å². The molecule has 0 atom stereocenters. The van der Waals surface area contributed by atoms with Gasteiger partial charge in [-0.3, -0.25) is 10.1 Å². The molecule has 1 aromatic carbocycles. The fraction of sp³-hybridized carbons (Fsp3) is 0.231. The van der Waals surface area contributed by atoms with Crippen LogP contribution in [0, 0.1) is 12.3 Å². The molecule has 0 aliphatic rings. The predicted octanol–water partition coefficient (Wildman–Crippen LogP) is 2.21. The SMILES string of the molecule is Cc1c(Cl)cnn1CCOc1ccc(C(=N)N)cc1. The average Bonchev–Trinajstić information content (AvgIpc) is 2.71. The summed E-state index contributed by atoms with van der Waals surface area (Å²) in [5.41, 5.74) is 6.99. The van der Waals surface area contributed by atoms with Gasteiger partial charge in [0.2, 0.25) is 0 Å². The molecule has 0 bridgehead atoms. The van der Waals surface area contributed by atoms with Crippen molar-refractivity contribution in [3.63, 3.8) is 0 Å². The first-order chi connectivity index (χ1) is 9.08. The van der Waals surface area contributed by atoms with Crippen molar-refractivity contribution < 1.29 is 4.74 Å². The van der Waals surface area contributed by atoms with Gasteiger partial charge in [0.15, 0.2) is 0 Å². The number of ether oxygens (including phenoxy) is 1. The highest BCUT2D eigenvalue weighted by Gasteiger charge is 2.03. The van der Waals surface area contributed by atoms with Crippen LogP contribution in [0.2, 0.25) is 5.02 Å². The van der Waals surface area contributed by atoms with Crippen LogP contribution in [0.15, 0.2) is 30.5 Å². The lowest BCUT2D eigenvalue weighted by atomic mass is 10.2. The quantitative estimate of drug-likeness (QED) is 0.650. The highest BCUT2D eigenvalue weighted by Crippen LogP contribution is 2.14. The van der Waals surface area contributed by atoms with E-state index in [1.807, 2.05) is 6.92 Å². The van der Waals surface area contributed by atoms with Crippen molar-refractivity contribution in [3.05, 3.63) is 46.7 Å². The second-order valence-electron chi connectivity index (χ2n) is 4.09. The highest BCUT2D eigenvalue weighted by molar-refractivity contribution is 6.31. The molecule has 5 nitrogen and oxygen atoms in total. The number of nitrogens with two attached hydrogens (primary N) is 1. The number of benzene rings is 1. The Balaban J connectivity index is 1.89. The number of halogens is 1. The first kappa shape index (κ1) is 13.4. The van der Waals surface area contributed by atoms with Crippen LogP contribution in [0.5, 0.6) is 5.75 Å². The minimum Gasteiger partial charge on any atom is -0.492 e. The molecule has 3 N–H and O–H groups in total. The lowest BCUT2D eigenvalue weighted by molar-refractivity contribution is 0.290. The number of amidine groups is 1. The monoisotopic (exact) mass is 278 g/mol. The van der Waals surface area contributed by atoms with E-state index >= 15 is 0 Å². The lowest BCUT2D eigenvalue weighted by Crippen LogP contribution is -2.12. The van der Waals surface area contributed by atoms with Gasteiger partial charge in [-0.05, 0) is 31.2 Å². The largest absolute Gasteiger partial charge is 0.492 e. The van der Waals surface area contributed by atoms with Crippen molar-refractivity contribution in [2.45, 2.75) is 13.5 Å². The van der Waals surface area contributed by atoms with E-state index in [0.29, 0.717) is 23.7 Å². The standard InChI is InChI=1S/C13H15ClN4O/c1-9-12(14)8-17-18(9)6-7-19-11-4-2-10(3-5-11)13(15)16/h2-5,8H,6-7H2,1H3,(H3,15,16). The molecule has 0 unspecified atom stereocenters. The fourth-order valence-corrected chi connectivity index (χ4v) is 1.77. The van der Waals surface area contributed by atoms with Crippen molar-refractivity contribution in [2.75, 3.05) is 6.61 Å². The average molecular weight is 279 g/mol. The van der Waals surface area contributed by atoms with Crippen LogP contribution in [0.4, 0.5) is 0 Å². The Kier molecular flexibility index (Phi) is 4.06. The first-order valence-corrected chi connectivity index (χ1v) is 6.21. The Labute approximate surface area is 116 Å². The van der Waals surface area contributed by atoms with E-state index in [1.165, 1.54) is 0 Å². The molecule has 1 aromatic heterocycles. The molecule has 6 heteroatoms. The van der Waals surface area contributed by atoms with E-state index in [1.54, 1.807) is 35.1 Å². The molecule has 2 aromatic rings. The summed E-state index contributed by atoms with van der Waals surface area (Å²) in [7, 11) is 0. The Bertz CT molecular complexity index is 577. The summed E-state index contributed by atoms with van der Waals surface area (Å²) in [5.74, 6) is 0.786. The molecule has 100 valence electrons. The van der Waals surface area contributed by atoms with Crippen molar-refractivity contribution in [2.24, 2.45) is 5.73 Å². The van der Waals surface area contributed by atoms with Gasteiger partial charge in [-0.15, -0.1) is 0 Å². The van der Waals surface area contributed by atoms with Crippen molar-refractivity contribution in [1.29, 1.82) is 5.41 Å². The van der Waals surface area contributed by atoms with Gasteiger partial charge < -0.3 is 10.5 Å². The minimum absolute atomic E-state index is 0.0494. The van der Waals surface area contributed by atoms with E-state index in [4.69, 9.17) is 27.5 Å². The summed E-state index contributed by atoms with van der Waals surface area (Å²) in [4.78, 5) is 0. The maximum Gasteiger partial charge on any atom is 0.122 e. The van der Waals surface area contributed by atoms with Crippen molar-refractivity contribution in [1.82, 2.24) is 9.78 Å². The van der Waals surface area contributed by atoms with Gasteiger partial charge >= 0.3 is 0 Å². The number of aromatic nitrogens is 2. The number of nitrogens with zero attached hydrogens (tertiary/aromatic N) is 2. The van der Waals surface area contributed by atoms with Gasteiger partial charge in [0.1, 0.15) is 18.2 Å². The number of hydrogen-bond donors (Lipinski definition) is 2. The van der Waals surface area contributed by atoms with Crippen LogP contribution in [0.25, 0.3) is 0 Å². The molecule has 0 saturated carbocycles. The third-order valence-corrected chi connectivity index (χ3v) is 3.15. The maximum absolute atomic E-state index is 7.30. The molecular formula is C13H15ClN4O. The summed E-state index contributed by atoms with van der Waals surface area (Å²) in [6.07, 6.45) is 1.62. The Morgan fingerprint density at radius 1 is 1.42 bits per heavy atom. The smallest absolute Gasteiger partial charge is 0.122 e. The summed E-state index contributed by atoms with van der Waals surface area (Å²) < 4.78 is 7.39. The van der Waals surface area contributed by atoms with Gasteiger partial charge in [0.05, 0.1) is 23.5 Å². The predicted molar refractivity (Wildman–Crippen MR) is 74.9 cm³/mol. The Hall–Kier alpha value is -2.01. The molecule has 0 radical (unpaired) electrons. The highest BCUT2D eigenvalue weighted by atomic mass is 35.5. The molecule has 0 amide bonds. The number of hydrogen-bond acceptors (Lipinski definition) is 3. The first-order valence-electron chi connectivity index (χ1n) is 5.83. The third-order valence-electron chi connectivity index (χ3n) is 2.78. The van der Waals surface area contributed by atoms with Gasteiger partial charge in [-0.1, -0.05) is 11.6 Å². The summed E-state index contributed by atoms with van der Waals surface area (Å²) in [6.45, 7) is 3.04. The molecule has 0 spiro atoms. The Morgan fingerprint density at radius 3 is 2.63 bits per heavy atom. The molecule has 19 heavy (non-hydrogen) atoms. The zero-order valence-corrected chi connectivity index (χ0v) is 11.3. The van der Waals surface area contributed by atoms with Crippen molar-refractivity contribution >= 4 is 17.4 Å². The molecule has 1 heterocycles. The molecule has 2 rings (SSSR count).